The molecule has 0 fully saturated rings. The highest BCUT2D eigenvalue weighted by molar-refractivity contribution is 6.30. The van der Waals surface area contributed by atoms with Crippen LogP contribution in [0.3, 0.4) is 0 Å². The number of hydrogen-bond acceptors (Lipinski definition) is 4. The normalized spacial score (nSPS) is 10.5. The molecule has 0 saturated carbocycles. The molecule has 1 N–H and O–H groups in total. The minimum atomic E-state index is -0.367. The molecule has 116 valence electrons. The zero-order chi connectivity index (χ0) is 16.2. The van der Waals surface area contributed by atoms with Crippen LogP contribution in [0.1, 0.15) is 0 Å². The number of nitrogens with zero attached hydrogens (tertiary/aromatic N) is 4. The Morgan fingerprint density at radius 3 is 2.52 bits per heavy atom. The zero-order valence-electron chi connectivity index (χ0n) is 11.8. The summed E-state index contributed by atoms with van der Waals surface area (Å²) in [6.45, 7) is -0.0671. The van der Waals surface area contributed by atoms with Crippen LogP contribution in [0, 0.1) is 5.82 Å². The van der Waals surface area contributed by atoms with Crippen molar-refractivity contribution < 1.29 is 9.18 Å². The van der Waals surface area contributed by atoms with Crippen molar-refractivity contribution in [3.8, 4) is 11.4 Å². The van der Waals surface area contributed by atoms with Crippen molar-refractivity contribution in [3.63, 3.8) is 0 Å². The molecule has 0 unspecified atom stereocenters. The summed E-state index contributed by atoms with van der Waals surface area (Å²) in [5.41, 5.74) is 1.24. The molecule has 3 rings (SSSR count). The average molecular weight is 332 g/mol. The van der Waals surface area contributed by atoms with Gasteiger partial charge in [-0.2, -0.15) is 0 Å². The molecule has 3 aromatic rings. The Balaban J connectivity index is 1.73. The largest absolute Gasteiger partial charge is 0.324 e. The van der Waals surface area contributed by atoms with Gasteiger partial charge in [-0.25, -0.2) is 9.07 Å². The van der Waals surface area contributed by atoms with Gasteiger partial charge in [-0.05, 0) is 59.0 Å². The topological polar surface area (TPSA) is 72.7 Å². The van der Waals surface area contributed by atoms with E-state index >= 15 is 0 Å². The first-order valence-electron chi connectivity index (χ1n) is 6.69. The Hall–Kier alpha value is -2.80. The Morgan fingerprint density at radius 1 is 1.13 bits per heavy atom. The number of benzene rings is 2. The van der Waals surface area contributed by atoms with Gasteiger partial charge in [0.05, 0.1) is 0 Å². The van der Waals surface area contributed by atoms with E-state index in [1.807, 2.05) is 0 Å². The Morgan fingerprint density at radius 2 is 1.83 bits per heavy atom. The second kappa shape index (κ2) is 6.53. The van der Waals surface area contributed by atoms with E-state index in [1.165, 1.54) is 28.9 Å². The Labute approximate surface area is 135 Å². The van der Waals surface area contributed by atoms with Crippen LogP contribution in [0.2, 0.25) is 5.02 Å². The average Bonchev–Trinajstić information content (AvgIpc) is 2.98. The number of tetrazole rings is 1. The van der Waals surface area contributed by atoms with Gasteiger partial charge in [0.25, 0.3) is 0 Å². The lowest BCUT2D eigenvalue weighted by Crippen LogP contribution is -2.20. The standard InChI is InChI=1S/C15H11ClFN5O/c16-11-3-1-10(2-4-11)15-19-20-21-22(15)9-14(23)18-13-7-5-12(17)6-8-13/h1-8H,9H2,(H,18,23). The SMILES string of the molecule is O=C(Cn1nnnc1-c1ccc(Cl)cc1)Nc1ccc(F)cc1. The third kappa shape index (κ3) is 3.70. The molecule has 0 spiro atoms. The lowest BCUT2D eigenvalue weighted by Gasteiger charge is -2.06. The summed E-state index contributed by atoms with van der Waals surface area (Å²) >= 11 is 5.85. The van der Waals surface area contributed by atoms with E-state index in [9.17, 15) is 9.18 Å². The van der Waals surface area contributed by atoms with Crippen LogP contribution in [-0.2, 0) is 11.3 Å². The summed E-state index contributed by atoms with van der Waals surface area (Å²) in [6.07, 6.45) is 0. The molecule has 1 heterocycles. The van der Waals surface area contributed by atoms with E-state index in [-0.39, 0.29) is 18.3 Å². The number of carbonyl (C=O) groups is 1. The molecule has 8 heteroatoms. The van der Waals surface area contributed by atoms with Crippen LogP contribution in [0.4, 0.5) is 10.1 Å². The molecule has 0 bridgehead atoms. The van der Waals surface area contributed by atoms with Crippen LogP contribution in [0.15, 0.2) is 48.5 Å². The van der Waals surface area contributed by atoms with Crippen molar-refractivity contribution in [2.75, 3.05) is 5.32 Å². The highest BCUT2D eigenvalue weighted by atomic mass is 35.5. The number of rotatable bonds is 4. The fraction of sp³-hybridized carbons (Fsp3) is 0.0667. The van der Waals surface area contributed by atoms with Gasteiger partial charge in [-0.1, -0.05) is 11.6 Å². The maximum atomic E-state index is 12.8. The van der Waals surface area contributed by atoms with Gasteiger partial charge < -0.3 is 5.32 Å². The van der Waals surface area contributed by atoms with Gasteiger partial charge in [0.1, 0.15) is 12.4 Å². The summed E-state index contributed by atoms with van der Waals surface area (Å²) in [5, 5.41) is 14.6. The van der Waals surface area contributed by atoms with E-state index < -0.39 is 0 Å². The number of carbonyl (C=O) groups excluding carboxylic acids is 1. The maximum Gasteiger partial charge on any atom is 0.246 e. The minimum absolute atomic E-state index is 0.0671. The summed E-state index contributed by atoms with van der Waals surface area (Å²) in [6, 6.07) is 12.5. The first kappa shape index (κ1) is 15.1. The fourth-order valence-corrected chi connectivity index (χ4v) is 2.11. The highest BCUT2D eigenvalue weighted by Gasteiger charge is 2.12. The molecule has 0 saturated heterocycles. The number of anilines is 1. The molecular weight excluding hydrogens is 321 g/mol. The van der Waals surface area contributed by atoms with Crippen LogP contribution >= 0.6 is 11.6 Å². The van der Waals surface area contributed by atoms with Crippen molar-refractivity contribution in [3.05, 3.63) is 59.4 Å². The minimum Gasteiger partial charge on any atom is -0.324 e. The molecular formula is C15H11ClFN5O. The number of nitrogens with one attached hydrogen (secondary N) is 1. The van der Waals surface area contributed by atoms with E-state index in [2.05, 4.69) is 20.8 Å². The highest BCUT2D eigenvalue weighted by Crippen LogP contribution is 2.18. The molecule has 2 aromatic carbocycles. The first-order chi connectivity index (χ1) is 11.1. The molecule has 6 nitrogen and oxygen atoms in total. The number of amides is 1. The number of aromatic nitrogens is 4. The Bertz CT molecular complexity index is 817. The van der Waals surface area contributed by atoms with E-state index in [0.29, 0.717) is 16.5 Å². The molecule has 1 aromatic heterocycles. The molecule has 0 aliphatic carbocycles. The predicted molar refractivity (Wildman–Crippen MR) is 83.3 cm³/mol. The quantitative estimate of drug-likeness (QED) is 0.798. The molecule has 0 atom stereocenters. The summed E-state index contributed by atoms with van der Waals surface area (Å²) < 4.78 is 14.2. The number of hydrogen-bond donors (Lipinski definition) is 1. The fourth-order valence-electron chi connectivity index (χ4n) is 1.99. The zero-order valence-corrected chi connectivity index (χ0v) is 12.5. The van der Waals surface area contributed by atoms with Crippen LogP contribution in [0.5, 0.6) is 0 Å². The lowest BCUT2D eigenvalue weighted by molar-refractivity contribution is -0.116. The van der Waals surface area contributed by atoms with Gasteiger partial charge in [0, 0.05) is 16.3 Å². The van der Waals surface area contributed by atoms with Crippen LogP contribution in [0.25, 0.3) is 11.4 Å². The molecule has 1 amide bonds. The van der Waals surface area contributed by atoms with Crippen molar-refractivity contribution in [2.24, 2.45) is 0 Å². The van der Waals surface area contributed by atoms with Crippen LogP contribution < -0.4 is 5.32 Å². The van der Waals surface area contributed by atoms with E-state index in [0.717, 1.165) is 5.56 Å². The molecule has 23 heavy (non-hydrogen) atoms. The van der Waals surface area contributed by atoms with Crippen molar-refractivity contribution in [2.45, 2.75) is 6.54 Å². The van der Waals surface area contributed by atoms with Crippen molar-refractivity contribution in [1.29, 1.82) is 0 Å². The number of halogens is 2. The third-order valence-electron chi connectivity index (χ3n) is 3.06. The molecule has 0 aliphatic heterocycles. The van der Waals surface area contributed by atoms with Gasteiger partial charge in [-0.3, -0.25) is 4.79 Å². The lowest BCUT2D eigenvalue weighted by atomic mass is 10.2. The Kier molecular flexibility index (Phi) is 4.29. The van der Waals surface area contributed by atoms with Crippen LogP contribution in [-0.4, -0.2) is 26.1 Å². The van der Waals surface area contributed by atoms with Gasteiger partial charge in [0.15, 0.2) is 5.82 Å². The van der Waals surface area contributed by atoms with E-state index in [4.69, 9.17) is 11.6 Å². The maximum absolute atomic E-state index is 12.8. The van der Waals surface area contributed by atoms with Gasteiger partial charge in [0.2, 0.25) is 5.91 Å². The van der Waals surface area contributed by atoms with Crippen molar-refractivity contribution >= 4 is 23.2 Å². The second-order valence-electron chi connectivity index (χ2n) is 4.72. The summed E-state index contributed by atoms with van der Waals surface area (Å²) in [7, 11) is 0. The van der Waals surface area contributed by atoms with E-state index in [1.54, 1.807) is 24.3 Å². The van der Waals surface area contributed by atoms with Gasteiger partial charge >= 0.3 is 0 Å². The summed E-state index contributed by atoms with van der Waals surface area (Å²) in [5.74, 6) is -0.233. The van der Waals surface area contributed by atoms with Gasteiger partial charge in [-0.15, -0.1) is 5.10 Å². The summed E-state index contributed by atoms with van der Waals surface area (Å²) in [4.78, 5) is 12.1. The molecule has 0 radical (unpaired) electrons. The molecule has 0 aliphatic rings. The monoisotopic (exact) mass is 331 g/mol. The first-order valence-corrected chi connectivity index (χ1v) is 7.07. The van der Waals surface area contributed by atoms with Crippen molar-refractivity contribution in [1.82, 2.24) is 20.2 Å². The second-order valence-corrected chi connectivity index (χ2v) is 5.16. The predicted octanol–water partition coefficient (Wildman–Crippen LogP) is 2.77. The smallest absolute Gasteiger partial charge is 0.246 e. The third-order valence-corrected chi connectivity index (χ3v) is 3.31.